The van der Waals surface area contributed by atoms with E-state index in [1.54, 1.807) is 0 Å². The van der Waals surface area contributed by atoms with Crippen molar-refractivity contribution in [3.8, 4) is 0 Å². The zero-order valence-corrected chi connectivity index (χ0v) is 9.23. The van der Waals surface area contributed by atoms with Gasteiger partial charge >= 0.3 is 6.03 Å². The Balaban J connectivity index is 1.87. The molecule has 2 unspecified atom stereocenters. The predicted octanol–water partition coefficient (Wildman–Crippen LogP) is 1.01. The summed E-state index contributed by atoms with van der Waals surface area (Å²) < 4.78 is 0. The van der Waals surface area contributed by atoms with Gasteiger partial charge in [-0.2, -0.15) is 11.8 Å². The molecule has 0 radical (unpaired) electrons. The van der Waals surface area contributed by atoms with E-state index >= 15 is 0 Å². The molecular formula is C10H14N2O2S. The van der Waals surface area contributed by atoms with Gasteiger partial charge in [-0.3, -0.25) is 10.1 Å². The first-order valence-electron chi connectivity index (χ1n) is 5.47. The summed E-state index contributed by atoms with van der Waals surface area (Å²) in [5.74, 6) is -0.107. The van der Waals surface area contributed by atoms with Gasteiger partial charge in [0.05, 0.1) is 0 Å². The lowest BCUT2D eigenvalue weighted by Gasteiger charge is -2.42. The van der Waals surface area contributed by atoms with Crippen LogP contribution < -0.4 is 10.6 Å². The van der Waals surface area contributed by atoms with E-state index in [0.29, 0.717) is 10.5 Å². The van der Waals surface area contributed by atoms with Crippen LogP contribution >= 0.6 is 11.8 Å². The second kappa shape index (κ2) is 3.14. The summed E-state index contributed by atoms with van der Waals surface area (Å²) in [5.41, 5.74) is -0.571. The molecule has 5 heteroatoms. The van der Waals surface area contributed by atoms with E-state index in [2.05, 4.69) is 10.6 Å². The topological polar surface area (TPSA) is 58.2 Å². The molecule has 3 aliphatic heterocycles. The van der Waals surface area contributed by atoms with Gasteiger partial charge in [-0.1, -0.05) is 6.42 Å². The number of hydrogen-bond donors (Lipinski definition) is 2. The number of imide groups is 1. The van der Waals surface area contributed by atoms with Crippen LogP contribution in [0.2, 0.25) is 0 Å². The van der Waals surface area contributed by atoms with E-state index in [-0.39, 0.29) is 11.9 Å². The van der Waals surface area contributed by atoms with Gasteiger partial charge in [0.15, 0.2) is 0 Å². The minimum atomic E-state index is -0.571. The van der Waals surface area contributed by atoms with Crippen molar-refractivity contribution in [2.75, 3.05) is 0 Å². The summed E-state index contributed by atoms with van der Waals surface area (Å²) in [6.07, 6.45) is 5.27. The summed E-state index contributed by atoms with van der Waals surface area (Å²) in [6.45, 7) is 0. The first-order chi connectivity index (χ1) is 7.18. The highest BCUT2D eigenvalue weighted by Crippen LogP contribution is 2.46. The van der Waals surface area contributed by atoms with E-state index < -0.39 is 5.54 Å². The van der Waals surface area contributed by atoms with Crippen molar-refractivity contribution in [1.29, 1.82) is 0 Å². The third-order valence-corrected chi connectivity index (χ3v) is 5.18. The highest BCUT2D eigenvalue weighted by atomic mass is 32.2. The maximum Gasteiger partial charge on any atom is 0.322 e. The number of fused-ring (bicyclic) bond motifs is 2. The maximum atomic E-state index is 11.8. The van der Waals surface area contributed by atoms with Crippen molar-refractivity contribution in [3.05, 3.63) is 0 Å². The number of amides is 3. The molecule has 0 saturated carbocycles. The van der Waals surface area contributed by atoms with Crippen LogP contribution in [-0.4, -0.2) is 28.0 Å². The monoisotopic (exact) mass is 226 g/mol. The molecule has 2 N–H and O–H groups in total. The van der Waals surface area contributed by atoms with Crippen LogP contribution in [-0.2, 0) is 4.79 Å². The average Bonchev–Trinajstić information content (AvgIpc) is 2.40. The van der Waals surface area contributed by atoms with Crippen molar-refractivity contribution in [2.45, 2.75) is 48.1 Å². The Morgan fingerprint density at radius 3 is 2.40 bits per heavy atom. The highest BCUT2D eigenvalue weighted by molar-refractivity contribution is 8.00. The molecular weight excluding hydrogens is 212 g/mol. The van der Waals surface area contributed by atoms with Crippen LogP contribution in [0.15, 0.2) is 0 Å². The summed E-state index contributed by atoms with van der Waals surface area (Å²) in [4.78, 5) is 23.0. The Morgan fingerprint density at radius 2 is 1.87 bits per heavy atom. The lowest BCUT2D eigenvalue weighted by Crippen LogP contribution is -2.54. The Labute approximate surface area is 92.6 Å². The molecule has 0 aromatic carbocycles. The number of carbonyl (C=O) groups excluding carboxylic acids is 2. The minimum absolute atomic E-state index is 0.107. The zero-order chi connectivity index (χ0) is 10.5. The third kappa shape index (κ3) is 1.44. The fraction of sp³-hybridized carbons (Fsp3) is 0.800. The molecule has 0 aliphatic carbocycles. The van der Waals surface area contributed by atoms with Gasteiger partial charge in [0, 0.05) is 10.5 Å². The van der Waals surface area contributed by atoms with Crippen molar-refractivity contribution in [2.24, 2.45) is 0 Å². The van der Waals surface area contributed by atoms with Crippen LogP contribution in [0, 0.1) is 0 Å². The summed E-state index contributed by atoms with van der Waals surface area (Å²) >= 11 is 2.01. The molecule has 2 atom stereocenters. The SMILES string of the molecule is O=C1NC(=O)C2(CC3CCCC(C2)S3)N1. The van der Waals surface area contributed by atoms with Crippen molar-refractivity contribution >= 4 is 23.7 Å². The maximum absolute atomic E-state index is 11.8. The number of thioether (sulfide) groups is 1. The molecule has 3 rings (SSSR count). The van der Waals surface area contributed by atoms with Gasteiger partial charge in [-0.15, -0.1) is 0 Å². The average molecular weight is 226 g/mol. The molecule has 2 bridgehead atoms. The fourth-order valence-corrected chi connectivity index (χ4v) is 4.87. The van der Waals surface area contributed by atoms with E-state index in [9.17, 15) is 9.59 Å². The van der Waals surface area contributed by atoms with Gasteiger partial charge in [-0.05, 0) is 25.7 Å². The molecule has 3 amide bonds. The summed E-state index contributed by atoms with van der Waals surface area (Å²) in [7, 11) is 0. The smallest absolute Gasteiger partial charge is 0.322 e. The molecule has 0 aromatic heterocycles. The largest absolute Gasteiger partial charge is 0.323 e. The molecule has 3 heterocycles. The first-order valence-corrected chi connectivity index (χ1v) is 6.41. The molecule has 3 aliphatic rings. The van der Waals surface area contributed by atoms with Crippen molar-refractivity contribution < 1.29 is 9.59 Å². The molecule has 3 saturated heterocycles. The quantitative estimate of drug-likeness (QED) is 0.606. The van der Waals surface area contributed by atoms with E-state index in [0.717, 1.165) is 12.8 Å². The molecule has 82 valence electrons. The normalized spacial score (nSPS) is 44.0. The number of rotatable bonds is 0. The summed E-state index contributed by atoms with van der Waals surface area (Å²) in [5, 5.41) is 6.32. The first kappa shape index (κ1) is 9.51. The predicted molar refractivity (Wildman–Crippen MR) is 57.7 cm³/mol. The second-order valence-corrected chi connectivity index (χ2v) is 6.32. The van der Waals surface area contributed by atoms with E-state index in [1.165, 1.54) is 19.3 Å². The van der Waals surface area contributed by atoms with Gasteiger partial charge in [-0.25, -0.2) is 4.79 Å². The lowest BCUT2D eigenvalue weighted by molar-refractivity contribution is -0.124. The lowest BCUT2D eigenvalue weighted by atomic mass is 9.83. The zero-order valence-electron chi connectivity index (χ0n) is 8.41. The van der Waals surface area contributed by atoms with Crippen molar-refractivity contribution in [1.82, 2.24) is 10.6 Å². The van der Waals surface area contributed by atoms with E-state index in [4.69, 9.17) is 0 Å². The van der Waals surface area contributed by atoms with Crippen LogP contribution in [0.5, 0.6) is 0 Å². The third-order valence-electron chi connectivity index (χ3n) is 3.60. The Hall–Kier alpha value is -0.710. The minimum Gasteiger partial charge on any atom is -0.323 e. The summed E-state index contributed by atoms with van der Waals surface area (Å²) in [6, 6.07) is -0.315. The van der Waals surface area contributed by atoms with Crippen LogP contribution in [0.4, 0.5) is 4.79 Å². The molecule has 15 heavy (non-hydrogen) atoms. The molecule has 4 nitrogen and oxygen atoms in total. The standard InChI is InChI=1S/C10H14N2O2S/c13-8-10(12-9(14)11-8)4-6-2-1-3-7(5-10)15-6/h6-7H,1-5H2,(H2,11,12,13,14). The van der Waals surface area contributed by atoms with E-state index in [1.807, 2.05) is 11.8 Å². The Bertz CT molecular complexity index is 319. The van der Waals surface area contributed by atoms with Crippen LogP contribution in [0.25, 0.3) is 0 Å². The number of carbonyl (C=O) groups is 2. The molecule has 0 aromatic rings. The molecule has 3 fully saturated rings. The van der Waals surface area contributed by atoms with Crippen molar-refractivity contribution in [3.63, 3.8) is 0 Å². The van der Waals surface area contributed by atoms with Gasteiger partial charge in [0.25, 0.3) is 5.91 Å². The number of urea groups is 1. The fourth-order valence-electron chi connectivity index (χ4n) is 2.96. The number of hydrogen-bond acceptors (Lipinski definition) is 3. The highest BCUT2D eigenvalue weighted by Gasteiger charge is 2.52. The Morgan fingerprint density at radius 1 is 1.20 bits per heavy atom. The number of nitrogens with one attached hydrogen (secondary N) is 2. The van der Waals surface area contributed by atoms with Crippen LogP contribution in [0.3, 0.4) is 0 Å². The van der Waals surface area contributed by atoms with Gasteiger partial charge in [0.2, 0.25) is 0 Å². The Kier molecular flexibility index (Phi) is 1.99. The molecule has 1 spiro atoms. The van der Waals surface area contributed by atoms with Gasteiger partial charge in [0.1, 0.15) is 5.54 Å². The van der Waals surface area contributed by atoms with Crippen LogP contribution in [0.1, 0.15) is 32.1 Å². The second-order valence-electron chi connectivity index (χ2n) is 4.71. The van der Waals surface area contributed by atoms with Gasteiger partial charge < -0.3 is 5.32 Å².